The molecular formula is C14H22BNO3. The van der Waals surface area contributed by atoms with Crippen LogP contribution in [-0.4, -0.2) is 48.3 Å². The Balaban J connectivity index is 1.80. The van der Waals surface area contributed by atoms with Crippen molar-refractivity contribution in [1.82, 2.24) is 4.90 Å². The molecule has 1 atom stereocenters. The van der Waals surface area contributed by atoms with Crippen LogP contribution in [0.25, 0.3) is 0 Å². The number of ether oxygens (including phenoxy) is 1. The third-order valence-corrected chi connectivity index (χ3v) is 3.80. The maximum absolute atomic E-state index is 9.11. The molecule has 5 heteroatoms. The van der Waals surface area contributed by atoms with Crippen molar-refractivity contribution < 1.29 is 14.8 Å². The highest BCUT2D eigenvalue weighted by Crippen LogP contribution is 2.18. The van der Waals surface area contributed by atoms with Crippen molar-refractivity contribution >= 4 is 12.6 Å². The third-order valence-electron chi connectivity index (χ3n) is 3.80. The van der Waals surface area contributed by atoms with Gasteiger partial charge in [0, 0.05) is 6.04 Å². The van der Waals surface area contributed by atoms with Gasteiger partial charge in [-0.1, -0.05) is 18.6 Å². The largest absolute Gasteiger partial charge is 0.494 e. The molecule has 1 aliphatic rings. The lowest BCUT2D eigenvalue weighted by molar-refractivity contribution is 0.153. The van der Waals surface area contributed by atoms with Crippen molar-refractivity contribution in [1.29, 1.82) is 0 Å². The van der Waals surface area contributed by atoms with Crippen LogP contribution in [0.3, 0.4) is 0 Å². The maximum Gasteiger partial charge on any atom is 0.488 e. The molecule has 1 saturated heterocycles. The average molecular weight is 263 g/mol. The van der Waals surface area contributed by atoms with E-state index in [9.17, 15) is 0 Å². The van der Waals surface area contributed by atoms with E-state index in [4.69, 9.17) is 14.8 Å². The topological polar surface area (TPSA) is 52.9 Å². The standard InChI is InChI=1S/C14H22BNO3/c1-16-9-3-2-6-13(16)8-10-19-14-7-4-5-12(11-14)15(17)18/h4-5,7,11,13,17-18H,2-3,6,8-10H2,1H3. The summed E-state index contributed by atoms with van der Waals surface area (Å²) in [5, 5.41) is 18.2. The molecule has 1 aromatic carbocycles. The molecule has 1 heterocycles. The van der Waals surface area contributed by atoms with Gasteiger partial charge in [-0.05, 0) is 50.5 Å². The van der Waals surface area contributed by atoms with Crippen LogP contribution in [0, 0.1) is 0 Å². The number of likely N-dealkylation sites (tertiary alicyclic amines) is 1. The first kappa shape index (κ1) is 14.4. The number of hydrogen-bond acceptors (Lipinski definition) is 4. The first-order chi connectivity index (χ1) is 9.16. The van der Waals surface area contributed by atoms with E-state index in [-0.39, 0.29) is 0 Å². The summed E-state index contributed by atoms with van der Waals surface area (Å²) in [4.78, 5) is 2.40. The Morgan fingerprint density at radius 1 is 1.37 bits per heavy atom. The quantitative estimate of drug-likeness (QED) is 0.765. The van der Waals surface area contributed by atoms with E-state index >= 15 is 0 Å². The molecule has 1 aliphatic heterocycles. The second kappa shape index (κ2) is 6.94. The highest BCUT2D eigenvalue weighted by molar-refractivity contribution is 6.58. The summed E-state index contributed by atoms with van der Waals surface area (Å²) in [5.74, 6) is 0.698. The number of rotatable bonds is 5. The Hall–Kier alpha value is -1.04. The molecule has 0 saturated carbocycles. The highest BCUT2D eigenvalue weighted by Gasteiger charge is 2.18. The zero-order valence-corrected chi connectivity index (χ0v) is 11.5. The van der Waals surface area contributed by atoms with Crippen LogP contribution >= 0.6 is 0 Å². The van der Waals surface area contributed by atoms with E-state index in [1.165, 1.54) is 25.8 Å². The monoisotopic (exact) mass is 263 g/mol. The Morgan fingerprint density at radius 2 is 2.21 bits per heavy atom. The molecule has 2 N–H and O–H groups in total. The van der Waals surface area contributed by atoms with Gasteiger partial charge in [-0.2, -0.15) is 0 Å². The van der Waals surface area contributed by atoms with Crippen molar-refractivity contribution in [3.8, 4) is 5.75 Å². The third kappa shape index (κ3) is 4.23. The first-order valence-corrected chi connectivity index (χ1v) is 6.96. The molecule has 2 rings (SSSR count). The van der Waals surface area contributed by atoms with Gasteiger partial charge in [-0.3, -0.25) is 0 Å². The van der Waals surface area contributed by atoms with Crippen molar-refractivity contribution in [2.24, 2.45) is 0 Å². The molecule has 1 aromatic rings. The molecule has 0 radical (unpaired) electrons. The van der Waals surface area contributed by atoms with Gasteiger partial charge in [0.1, 0.15) is 5.75 Å². The predicted octanol–water partition coefficient (Wildman–Crippen LogP) is 0.620. The molecule has 1 fully saturated rings. The summed E-state index contributed by atoms with van der Waals surface area (Å²) >= 11 is 0. The van der Waals surface area contributed by atoms with E-state index in [0.717, 1.165) is 6.42 Å². The Morgan fingerprint density at radius 3 is 2.95 bits per heavy atom. The normalized spacial score (nSPS) is 20.3. The molecule has 0 bridgehead atoms. The van der Waals surface area contributed by atoms with E-state index in [1.807, 2.05) is 6.07 Å². The minimum atomic E-state index is -1.44. The summed E-state index contributed by atoms with van der Waals surface area (Å²) in [6.07, 6.45) is 4.86. The fourth-order valence-corrected chi connectivity index (χ4v) is 2.59. The van der Waals surface area contributed by atoms with E-state index in [0.29, 0.717) is 23.9 Å². The lowest BCUT2D eigenvalue weighted by Crippen LogP contribution is -2.37. The van der Waals surface area contributed by atoms with E-state index in [2.05, 4.69) is 11.9 Å². The molecule has 1 unspecified atom stereocenters. The molecule has 0 aliphatic carbocycles. The zero-order valence-electron chi connectivity index (χ0n) is 11.5. The first-order valence-electron chi connectivity index (χ1n) is 6.96. The van der Waals surface area contributed by atoms with Crippen LogP contribution < -0.4 is 10.2 Å². The summed E-state index contributed by atoms with van der Waals surface area (Å²) in [7, 11) is 0.736. The van der Waals surface area contributed by atoms with Crippen molar-refractivity contribution in [2.45, 2.75) is 31.7 Å². The molecule has 0 amide bonds. The van der Waals surface area contributed by atoms with Gasteiger partial charge in [0.05, 0.1) is 6.61 Å². The minimum absolute atomic E-state index is 0.465. The lowest BCUT2D eigenvalue weighted by atomic mass is 9.80. The second-order valence-corrected chi connectivity index (χ2v) is 5.21. The van der Waals surface area contributed by atoms with Crippen molar-refractivity contribution in [3.05, 3.63) is 24.3 Å². The summed E-state index contributed by atoms with van der Waals surface area (Å²) in [6.45, 7) is 1.84. The van der Waals surface area contributed by atoms with Crippen LogP contribution in [0.5, 0.6) is 5.75 Å². The van der Waals surface area contributed by atoms with Crippen LogP contribution in [0.15, 0.2) is 24.3 Å². The number of nitrogens with zero attached hydrogens (tertiary/aromatic N) is 1. The second-order valence-electron chi connectivity index (χ2n) is 5.21. The summed E-state index contributed by atoms with van der Waals surface area (Å²) in [5.41, 5.74) is 0.465. The van der Waals surface area contributed by atoms with Gasteiger partial charge in [0.2, 0.25) is 0 Å². The number of benzene rings is 1. The van der Waals surface area contributed by atoms with Gasteiger partial charge in [-0.15, -0.1) is 0 Å². The lowest BCUT2D eigenvalue weighted by Gasteiger charge is -2.32. The fourth-order valence-electron chi connectivity index (χ4n) is 2.59. The van der Waals surface area contributed by atoms with Crippen LogP contribution in [0.4, 0.5) is 0 Å². The number of piperidine rings is 1. The van der Waals surface area contributed by atoms with E-state index < -0.39 is 7.12 Å². The maximum atomic E-state index is 9.11. The Kier molecular flexibility index (Phi) is 5.25. The van der Waals surface area contributed by atoms with Gasteiger partial charge >= 0.3 is 7.12 Å². The number of hydrogen-bond donors (Lipinski definition) is 2. The van der Waals surface area contributed by atoms with Crippen LogP contribution in [-0.2, 0) is 0 Å². The molecule has 104 valence electrons. The minimum Gasteiger partial charge on any atom is -0.494 e. The van der Waals surface area contributed by atoms with Gasteiger partial charge < -0.3 is 19.7 Å². The molecular weight excluding hydrogens is 241 g/mol. The Bertz CT molecular complexity index is 400. The average Bonchev–Trinajstić information content (AvgIpc) is 2.41. The van der Waals surface area contributed by atoms with Gasteiger partial charge in [0.15, 0.2) is 0 Å². The van der Waals surface area contributed by atoms with Crippen LogP contribution in [0.2, 0.25) is 0 Å². The van der Waals surface area contributed by atoms with Gasteiger partial charge in [0.25, 0.3) is 0 Å². The zero-order chi connectivity index (χ0) is 13.7. The smallest absolute Gasteiger partial charge is 0.488 e. The fraction of sp³-hybridized carbons (Fsp3) is 0.571. The Labute approximate surface area is 115 Å². The van der Waals surface area contributed by atoms with E-state index in [1.54, 1.807) is 18.2 Å². The molecule has 0 aromatic heterocycles. The highest BCUT2D eigenvalue weighted by atomic mass is 16.5. The molecule has 4 nitrogen and oxygen atoms in total. The summed E-state index contributed by atoms with van der Waals surface area (Å²) < 4.78 is 5.70. The van der Waals surface area contributed by atoms with Gasteiger partial charge in [-0.25, -0.2) is 0 Å². The SMILES string of the molecule is CN1CCCCC1CCOc1cccc(B(O)O)c1. The molecule has 0 spiro atoms. The van der Waals surface area contributed by atoms with Crippen molar-refractivity contribution in [2.75, 3.05) is 20.2 Å². The van der Waals surface area contributed by atoms with Crippen molar-refractivity contribution in [3.63, 3.8) is 0 Å². The van der Waals surface area contributed by atoms with Crippen LogP contribution in [0.1, 0.15) is 25.7 Å². The summed E-state index contributed by atoms with van der Waals surface area (Å²) in [6, 6.07) is 7.58. The predicted molar refractivity (Wildman–Crippen MR) is 76.6 cm³/mol. The molecule has 19 heavy (non-hydrogen) atoms.